The van der Waals surface area contributed by atoms with E-state index in [1.807, 2.05) is 19.1 Å². The number of amides is 1. The van der Waals surface area contributed by atoms with Crippen LogP contribution in [0.3, 0.4) is 0 Å². The number of aryl methyl sites for hydroxylation is 1. The zero-order valence-corrected chi connectivity index (χ0v) is 28.7. The van der Waals surface area contributed by atoms with E-state index in [1.54, 1.807) is 51.4 Å². The van der Waals surface area contributed by atoms with Crippen molar-refractivity contribution in [2.45, 2.75) is 49.8 Å². The Morgan fingerprint density at radius 3 is 2.38 bits per heavy atom. The molecule has 47 heavy (non-hydrogen) atoms. The lowest BCUT2D eigenvalue weighted by molar-refractivity contribution is -0.111. The van der Waals surface area contributed by atoms with Crippen LogP contribution in [0.1, 0.15) is 32.3 Å². The number of para-hydroxylation sites is 1. The van der Waals surface area contributed by atoms with Gasteiger partial charge in [0.2, 0.25) is 11.9 Å². The number of benzene rings is 2. The number of likely N-dealkylation sites (N-methyl/N-ethyl adjacent to an activating group) is 1. The molecule has 3 heterocycles. The lowest BCUT2D eigenvalue weighted by Crippen LogP contribution is -2.52. The Balaban J connectivity index is 1.40. The number of piperidine rings is 1. The molecule has 0 aliphatic carbocycles. The molecule has 0 spiro atoms. The van der Waals surface area contributed by atoms with E-state index < -0.39 is 15.1 Å². The highest BCUT2D eigenvalue weighted by Crippen LogP contribution is 2.40. The molecule has 2 saturated heterocycles. The second kappa shape index (κ2) is 14.7. The van der Waals surface area contributed by atoms with Crippen molar-refractivity contribution in [3.63, 3.8) is 0 Å². The molecule has 2 aliphatic heterocycles. The monoisotopic (exact) mass is 662 g/mol. The van der Waals surface area contributed by atoms with Crippen LogP contribution in [0.25, 0.3) is 0 Å². The summed E-state index contributed by atoms with van der Waals surface area (Å²) in [5, 5.41) is 8.84. The van der Waals surface area contributed by atoms with Crippen LogP contribution < -0.4 is 25.6 Å². The summed E-state index contributed by atoms with van der Waals surface area (Å²) >= 11 is 0. The third-order valence-corrected chi connectivity index (χ3v) is 11.1. The van der Waals surface area contributed by atoms with Gasteiger partial charge < -0.3 is 30.5 Å². The second-order valence-corrected chi connectivity index (χ2v) is 14.9. The van der Waals surface area contributed by atoms with E-state index in [9.17, 15) is 13.2 Å². The molecular weight excluding hydrogens is 616 g/mol. The van der Waals surface area contributed by atoms with Gasteiger partial charge in [0.15, 0.2) is 9.84 Å². The topological polar surface area (TPSA) is 132 Å². The highest BCUT2D eigenvalue weighted by Gasteiger charge is 2.29. The molecule has 13 heteroatoms. The van der Waals surface area contributed by atoms with Gasteiger partial charge in [0.25, 0.3) is 0 Å². The molecule has 1 amide bonds. The number of methoxy groups -OCH3 is 1. The zero-order valence-electron chi connectivity index (χ0n) is 27.9. The minimum absolute atomic E-state index is 0.204. The van der Waals surface area contributed by atoms with Crippen LogP contribution in [0.5, 0.6) is 5.75 Å². The SMILES string of the molecule is C=CC(=O)Nc1cc(Nc2ncc(C)c(Nc3ccccc3S(=O)(=O)C(C)C)n2)c(OC)cc1N1CCC(N2CCN(C)CC2)CC1. The van der Waals surface area contributed by atoms with Crippen LogP contribution >= 0.6 is 0 Å². The van der Waals surface area contributed by atoms with Crippen LogP contribution in [-0.2, 0) is 14.6 Å². The van der Waals surface area contributed by atoms with Gasteiger partial charge in [-0.1, -0.05) is 18.7 Å². The van der Waals surface area contributed by atoms with Crippen molar-refractivity contribution < 1.29 is 17.9 Å². The molecule has 3 aromatic rings. The second-order valence-electron chi connectivity index (χ2n) is 12.4. The third kappa shape index (κ3) is 7.86. The van der Waals surface area contributed by atoms with E-state index in [1.165, 1.54) is 6.08 Å². The Morgan fingerprint density at radius 2 is 1.72 bits per heavy atom. The van der Waals surface area contributed by atoms with Crippen molar-refractivity contribution in [1.29, 1.82) is 0 Å². The largest absolute Gasteiger partial charge is 0.494 e. The molecule has 0 atom stereocenters. The maximum atomic E-state index is 13.0. The van der Waals surface area contributed by atoms with E-state index in [0.29, 0.717) is 34.7 Å². The molecule has 252 valence electrons. The quantitative estimate of drug-likeness (QED) is 0.245. The first-order valence-electron chi connectivity index (χ1n) is 16.0. The fourth-order valence-electron chi connectivity index (χ4n) is 5.99. The summed E-state index contributed by atoms with van der Waals surface area (Å²) in [5.41, 5.74) is 3.21. The molecule has 3 N–H and O–H groups in total. The van der Waals surface area contributed by atoms with Gasteiger partial charge in [0.1, 0.15) is 11.6 Å². The van der Waals surface area contributed by atoms with Crippen molar-refractivity contribution >= 4 is 50.3 Å². The van der Waals surface area contributed by atoms with Crippen LogP contribution in [0.15, 0.2) is 60.1 Å². The van der Waals surface area contributed by atoms with Crippen molar-refractivity contribution in [2.24, 2.45) is 0 Å². The summed E-state index contributed by atoms with van der Waals surface area (Å²) < 4.78 is 31.9. The van der Waals surface area contributed by atoms with E-state index in [2.05, 4.69) is 54.2 Å². The van der Waals surface area contributed by atoms with Crippen molar-refractivity contribution in [3.8, 4) is 5.75 Å². The van der Waals surface area contributed by atoms with Gasteiger partial charge in [-0.2, -0.15) is 4.98 Å². The van der Waals surface area contributed by atoms with Crippen LogP contribution in [-0.4, -0.2) is 98.8 Å². The fourth-order valence-corrected chi connectivity index (χ4v) is 7.19. The summed E-state index contributed by atoms with van der Waals surface area (Å²) in [4.78, 5) is 29.2. The van der Waals surface area contributed by atoms with Gasteiger partial charge in [0.05, 0.1) is 40.0 Å². The Bertz CT molecular complexity index is 1700. The first-order chi connectivity index (χ1) is 22.5. The van der Waals surface area contributed by atoms with Crippen LogP contribution in [0.2, 0.25) is 0 Å². The number of rotatable bonds is 11. The first kappa shape index (κ1) is 34.1. The summed E-state index contributed by atoms with van der Waals surface area (Å²) in [5.74, 6) is 0.961. The number of nitrogens with zero attached hydrogens (tertiary/aromatic N) is 5. The summed E-state index contributed by atoms with van der Waals surface area (Å²) in [6.07, 6.45) is 4.98. The number of ether oxygens (including phenoxy) is 1. The van der Waals surface area contributed by atoms with Gasteiger partial charge in [0, 0.05) is 63.1 Å². The number of anilines is 6. The molecule has 1 aromatic heterocycles. The van der Waals surface area contributed by atoms with Crippen molar-refractivity contribution in [3.05, 3.63) is 60.8 Å². The average Bonchev–Trinajstić information content (AvgIpc) is 3.07. The van der Waals surface area contributed by atoms with E-state index in [0.717, 1.165) is 63.4 Å². The minimum Gasteiger partial charge on any atom is -0.494 e. The molecule has 2 aromatic carbocycles. The number of piperazine rings is 1. The van der Waals surface area contributed by atoms with Crippen molar-refractivity contribution in [1.82, 2.24) is 19.8 Å². The van der Waals surface area contributed by atoms with Gasteiger partial charge in [-0.3, -0.25) is 9.69 Å². The smallest absolute Gasteiger partial charge is 0.247 e. The highest BCUT2D eigenvalue weighted by molar-refractivity contribution is 7.92. The zero-order chi connectivity index (χ0) is 33.7. The first-order valence-corrected chi connectivity index (χ1v) is 17.6. The lowest BCUT2D eigenvalue weighted by atomic mass is 10.0. The number of nitrogens with one attached hydrogen (secondary N) is 3. The maximum absolute atomic E-state index is 13.0. The predicted molar refractivity (Wildman–Crippen MR) is 188 cm³/mol. The molecule has 2 fully saturated rings. The van der Waals surface area contributed by atoms with Gasteiger partial charge in [-0.25, -0.2) is 13.4 Å². The molecule has 0 bridgehead atoms. The average molecular weight is 663 g/mol. The standard InChI is InChI=1S/C34H46N8O4S/c1-7-32(43)36-27-20-28(30(46-6)21-29(27)42-14-12-25(13-15-42)41-18-16-40(5)17-19-41)38-34-35-22-24(4)33(39-34)37-26-10-8-9-11-31(26)47(44,45)23(2)3/h7-11,20-23,25H,1,12-19H2,2-6H3,(H,36,43)(H2,35,37,38,39). The predicted octanol–water partition coefficient (Wildman–Crippen LogP) is 4.80. The number of hydrogen-bond donors (Lipinski definition) is 3. The molecule has 5 rings (SSSR count). The van der Waals surface area contributed by atoms with Crippen LogP contribution in [0.4, 0.5) is 34.5 Å². The van der Waals surface area contributed by atoms with Crippen molar-refractivity contribution in [2.75, 3.05) is 74.3 Å². The third-order valence-electron chi connectivity index (χ3n) is 8.91. The molecule has 0 radical (unpaired) electrons. The number of hydrogen-bond acceptors (Lipinski definition) is 11. The molecular formula is C34H46N8O4S. The Kier molecular flexibility index (Phi) is 10.7. The molecule has 0 unspecified atom stereocenters. The van der Waals surface area contributed by atoms with Gasteiger partial charge in [-0.05, 0) is 64.9 Å². The van der Waals surface area contributed by atoms with Gasteiger partial charge >= 0.3 is 0 Å². The fraction of sp³-hybridized carbons (Fsp3) is 0.441. The summed E-state index contributed by atoms with van der Waals surface area (Å²) in [7, 11) is 0.236. The van der Waals surface area contributed by atoms with E-state index in [4.69, 9.17) is 4.74 Å². The maximum Gasteiger partial charge on any atom is 0.247 e. The molecule has 12 nitrogen and oxygen atoms in total. The normalized spacial score (nSPS) is 16.6. The minimum atomic E-state index is -3.54. The van der Waals surface area contributed by atoms with E-state index >= 15 is 0 Å². The molecule has 2 aliphatic rings. The summed E-state index contributed by atoms with van der Waals surface area (Å²) in [6.45, 7) is 14.9. The Morgan fingerprint density at radius 1 is 1.02 bits per heavy atom. The lowest BCUT2D eigenvalue weighted by Gasteiger charge is -2.43. The number of carbonyl (C=O) groups excluding carboxylic acids is 1. The highest BCUT2D eigenvalue weighted by atomic mass is 32.2. The summed E-state index contributed by atoms with van der Waals surface area (Å²) in [6, 6.07) is 11.1. The number of sulfone groups is 1. The number of aromatic nitrogens is 2. The van der Waals surface area contributed by atoms with E-state index in [-0.39, 0.29) is 16.8 Å². The van der Waals surface area contributed by atoms with Gasteiger partial charge in [-0.15, -0.1) is 0 Å². The number of carbonyl (C=O) groups is 1. The Labute approximate surface area is 278 Å². The van der Waals surface area contributed by atoms with Crippen LogP contribution in [0, 0.1) is 6.92 Å². The Hall–Kier alpha value is -4.20. The molecule has 0 saturated carbocycles.